The van der Waals surface area contributed by atoms with Crippen molar-refractivity contribution in [2.75, 3.05) is 19.5 Å². The number of hydrogen-bond donors (Lipinski definition) is 2. The first-order valence-electron chi connectivity index (χ1n) is 9.19. The average molecular weight is 379 g/mol. The third kappa shape index (κ3) is 4.17. The third-order valence-electron chi connectivity index (χ3n) is 4.39. The van der Waals surface area contributed by atoms with E-state index >= 15 is 0 Å². The van der Waals surface area contributed by atoms with Crippen LogP contribution in [0.15, 0.2) is 48.5 Å². The van der Waals surface area contributed by atoms with E-state index in [9.17, 15) is 4.79 Å². The van der Waals surface area contributed by atoms with E-state index in [0.29, 0.717) is 34.4 Å². The van der Waals surface area contributed by atoms with Gasteiger partial charge in [0.05, 0.1) is 25.6 Å². The number of hydrogen-bond acceptors (Lipinski definition) is 4. The Labute approximate surface area is 164 Å². The first-order chi connectivity index (χ1) is 13.5. The van der Waals surface area contributed by atoms with Gasteiger partial charge in [-0.15, -0.1) is 0 Å². The second kappa shape index (κ2) is 8.61. The first-order valence-corrected chi connectivity index (χ1v) is 9.19. The number of aromatic nitrogens is 2. The molecule has 0 saturated carbocycles. The number of nitrogens with one attached hydrogen (secondary N) is 2. The van der Waals surface area contributed by atoms with Gasteiger partial charge < -0.3 is 14.8 Å². The zero-order valence-corrected chi connectivity index (χ0v) is 16.6. The van der Waals surface area contributed by atoms with Gasteiger partial charge in [0.1, 0.15) is 17.2 Å². The lowest BCUT2D eigenvalue weighted by Crippen LogP contribution is -2.14. The van der Waals surface area contributed by atoms with Gasteiger partial charge in [-0.05, 0) is 42.7 Å². The van der Waals surface area contributed by atoms with Crippen LogP contribution >= 0.6 is 0 Å². The third-order valence-corrected chi connectivity index (χ3v) is 4.39. The molecule has 0 atom stereocenters. The summed E-state index contributed by atoms with van der Waals surface area (Å²) in [4.78, 5) is 12.9. The Hall–Kier alpha value is -3.28. The second-order valence-corrected chi connectivity index (χ2v) is 6.91. The summed E-state index contributed by atoms with van der Waals surface area (Å²) in [6.07, 6.45) is 0.760. The largest absolute Gasteiger partial charge is 0.497 e. The maximum atomic E-state index is 12.9. The number of benzene rings is 2. The van der Waals surface area contributed by atoms with Crippen molar-refractivity contribution in [3.8, 4) is 22.8 Å². The molecular formula is C22H25N3O3. The van der Waals surface area contributed by atoms with Gasteiger partial charge >= 0.3 is 0 Å². The van der Waals surface area contributed by atoms with Crippen LogP contribution in [0, 0.1) is 5.92 Å². The highest BCUT2D eigenvalue weighted by molar-refractivity contribution is 6.06. The van der Waals surface area contributed by atoms with Crippen LogP contribution in [0.1, 0.15) is 29.9 Å². The first kappa shape index (κ1) is 19.5. The van der Waals surface area contributed by atoms with E-state index in [0.717, 1.165) is 17.7 Å². The summed E-state index contributed by atoms with van der Waals surface area (Å²) in [6, 6.07) is 14.7. The van der Waals surface area contributed by atoms with E-state index in [4.69, 9.17) is 9.47 Å². The molecule has 0 saturated heterocycles. The normalized spacial score (nSPS) is 10.8. The van der Waals surface area contributed by atoms with E-state index < -0.39 is 0 Å². The van der Waals surface area contributed by atoms with E-state index in [1.165, 1.54) is 0 Å². The highest BCUT2D eigenvalue weighted by Gasteiger charge is 2.21. The highest BCUT2D eigenvalue weighted by atomic mass is 16.5. The monoisotopic (exact) mass is 379 g/mol. The SMILES string of the molecule is COc1cccc(C(=O)Nc2c(-c3ccccc3OC)n[nH]c2CC(C)C)c1. The summed E-state index contributed by atoms with van der Waals surface area (Å²) in [5, 5.41) is 10.6. The molecule has 2 aromatic carbocycles. The molecule has 1 aromatic heterocycles. The summed E-state index contributed by atoms with van der Waals surface area (Å²) in [7, 11) is 3.20. The number of nitrogens with zero attached hydrogens (tertiary/aromatic N) is 1. The fourth-order valence-electron chi connectivity index (χ4n) is 3.05. The number of aromatic amines is 1. The minimum Gasteiger partial charge on any atom is -0.497 e. The average Bonchev–Trinajstić information content (AvgIpc) is 3.09. The van der Waals surface area contributed by atoms with Crippen LogP contribution in [0.5, 0.6) is 11.5 Å². The molecular weight excluding hydrogens is 354 g/mol. The van der Waals surface area contributed by atoms with Gasteiger partial charge in [-0.25, -0.2) is 0 Å². The second-order valence-electron chi connectivity index (χ2n) is 6.91. The van der Waals surface area contributed by atoms with E-state index in [-0.39, 0.29) is 5.91 Å². The number of methoxy groups -OCH3 is 2. The molecule has 0 unspecified atom stereocenters. The predicted molar refractivity (Wildman–Crippen MR) is 110 cm³/mol. The molecule has 3 aromatic rings. The lowest BCUT2D eigenvalue weighted by atomic mass is 10.0. The van der Waals surface area contributed by atoms with Crippen LogP contribution in [0.4, 0.5) is 5.69 Å². The van der Waals surface area contributed by atoms with Crippen molar-refractivity contribution in [1.82, 2.24) is 10.2 Å². The molecule has 28 heavy (non-hydrogen) atoms. The van der Waals surface area contributed by atoms with Crippen LogP contribution in [-0.2, 0) is 6.42 Å². The molecule has 1 amide bonds. The number of para-hydroxylation sites is 1. The number of ether oxygens (including phenoxy) is 2. The summed E-state index contributed by atoms with van der Waals surface area (Å²) in [5.74, 6) is 1.51. The topological polar surface area (TPSA) is 76.2 Å². The molecule has 146 valence electrons. The number of amides is 1. The number of H-pyrrole nitrogens is 1. The van der Waals surface area contributed by atoms with Crippen molar-refractivity contribution < 1.29 is 14.3 Å². The Morgan fingerprint density at radius 1 is 1.11 bits per heavy atom. The Bertz CT molecular complexity index is 963. The zero-order chi connectivity index (χ0) is 20.1. The molecule has 0 bridgehead atoms. The molecule has 6 heteroatoms. The predicted octanol–water partition coefficient (Wildman–Crippen LogP) is 4.54. The fraction of sp³-hybridized carbons (Fsp3) is 0.273. The van der Waals surface area contributed by atoms with Gasteiger partial charge in [0.25, 0.3) is 5.91 Å². The van der Waals surface area contributed by atoms with Gasteiger partial charge in [-0.3, -0.25) is 9.89 Å². The maximum Gasteiger partial charge on any atom is 0.255 e. The van der Waals surface area contributed by atoms with Crippen LogP contribution in [0.25, 0.3) is 11.3 Å². The van der Waals surface area contributed by atoms with Crippen LogP contribution in [-0.4, -0.2) is 30.3 Å². The lowest BCUT2D eigenvalue weighted by Gasteiger charge is -2.12. The molecule has 0 aliphatic heterocycles. The summed E-state index contributed by atoms with van der Waals surface area (Å²) < 4.78 is 10.7. The smallest absolute Gasteiger partial charge is 0.255 e. The van der Waals surface area contributed by atoms with Crippen LogP contribution < -0.4 is 14.8 Å². The van der Waals surface area contributed by atoms with Crippen molar-refractivity contribution in [2.45, 2.75) is 20.3 Å². The molecule has 2 N–H and O–H groups in total. The molecule has 3 rings (SSSR count). The molecule has 0 spiro atoms. The fourth-order valence-corrected chi connectivity index (χ4v) is 3.05. The van der Waals surface area contributed by atoms with Gasteiger partial charge in [-0.2, -0.15) is 5.10 Å². The molecule has 0 aliphatic rings. The molecule has 1 heterocycles. The number of rotatable bonds is 7. The van der Waals surface area contributed by atoms with Gasteiger partial charge in [0, 0.05) is 11.1 Å². The molecule has 0 radical (unpaired) electrons. The lowest BCUT2D eigenvalue weighted by molar-refractivity contribution is 0.102. The highest BCUT2D eigenvalue weighted by Crippen LogP contribution is 2.36. The van der Waals surface area contributed by atoms with E-state index in [2.05, 4.69) is 29.4 Å². The molecule has 0 fully saturated rings. The quantitative estimate of drug-likeness (QED) is 0.632. The minimum absolute atomic E-state index is 0.221. The maximum absolute atomic E-state index is 12.9. The van der Waals surface area contributed by atoms with Crippen LogP contribution in [0.2, 0.25) is 0 Å². The van der Waals surface area contributed by atoms with E-state index in [1.807, 2.05) is 24.3 Å². The number of carbonyl (C=O) groups is 1. The van der Waals surface area contributed by atoms with Crippen LogP contribution in [0.3, 0.4) is 0 Å². The van der Waals surface area contributed by atoms with Crippen molar-refractivity contribution >= 4 is 11.6 Å². The molecule has 0 aliphatic carbocycles. The molecule has 6 nitrogen and oxygen atoms in total. The number of carbonyl (C=O) groups excluding carboxylic acids is 1. The van der Waals surface area contributed by atoms with Crippen molar-refractivity contribution in [1.29, 1.82) is 0 Å². The van der Waals surface area contributed by atoms with Crippen molar-refractivity contribution in [3.05, 3.63) is 59.8 Å². The summed E-state index contributed by atoms with van der Waals surface area (Å²) in [5.41, 5.74) is 3.54. The Kier molecular flexibility index (Phi) is 5.99. The Morgan fingerprint density at radius 2 is 1.89 bits per heavy atom. The zero-order valence-electron chi connectivity index (χ0n) is 16.6. The Morgan fingerprint density at radius 3 is 2.61 bits per heavy atom. The number of anilines is 1. The van der Waals surface area contributed by atoms with E-state index in [1.54, 1.807) is 38.5 Å². The van der Waals surface area contributed by atoms with Gasteiger partial charge in [0.15, 0.2) is 0 Å². The Balaban J connectivity index is 2.02. The van der Waals surface area contributed by atoms with Crippen molar-refractivity contribution in [2.24, 2.45) is 5.92 Å². The minimum atomic E-state index is -0.221. The standard InChI is InChI=1S/C22H25N3O3/c1-14(2)12-18-21(23-22(26)15-8-7-9-16(13-15)27-3)20(25-24-18)17-10-5-6-11-19(17)28-4/h5-11,13-14H,12H2,1-4H3,(H,23,26)(H,24,25). The van der Waals surface area contributed by atoms with Crippen molar-refractivity contribution in [3.63, 3.8) is 0 Å². The van der Waals surface area contributed by atoms with Gasteiger partial charge in [-0.1, -0.05) is 32.0 Å². The summed E-state index contributed by atoms with van der Waals surface area (Å²) in [6.45, 7) is 4.24. The van der Waals surface area contributed by atoms with Gasteiger partial charge in [0.2, 0.25) is 0 Å². The summed E-state index contributed by atoms with van der Waals surface area (Å²) >= 11 is 0.